The van der Waals surface area contributed by atoms with E-state index in [1.165, 1.54) is 0 Å². The maximum Gasteiger partial charge on any atom is 0.217 e. The molecule has 64 valence electrons. The Labute approximate surface area is 67.7 Å². The summed E-state index contributed by atoms with van der Waals surface area (Å²) in [5, 5.41) is 2.90. The lowest BCUT2D eigenvalue weighted by Crippen LogP contribution is -2.09. The number of nitrogens with one attached hydrogen (secondary N) is 1. The van der Waals surface area contributed by atoms with Crippen LogP contribution in [0.15, 0.2) is 12.3 Å². The van der Waals surface area contributed by atoms with E-state index in [-0.39, 0.29) is 5.91 Å². The molecule has 0 bridgehead atoms. The van der Waals surface area contributed by atoms with Crippen molar-refractivity contribution in [3.05, 3.63) is 12.3 Å². The van der Waals surface area contributed by atoms with E-state index in [2.05, 4.69) is 5.32 Å². The quantitative estimate of drug-likeness (QED) is 0.558. The first-order chi connectivity index (χ1) is 5.27. The standard InChI is InChI=1S/C8H16N2O/c1-10-7-5-3-2-4-6-8(9)11/h5,7,10H,2-4,6H2,1H3,(H2,9,11)/b7-5-. The molecule has 0 saturated heterocycles. The van der Waals surface area contributed by atoms with Gasteiger partial charge in [-0.05, 0) is 25.5 Å². The molecule has 0 saturated carbocycles. The van der Waals surface area contributed by atoms with Crippen molar-refractivity contribution in [3.8, 4) is 0 Å². The van der Waals surface area contributed by atoms with Crippen LogP contribution in [0.5, 0.6) is 0 Å². The van der Waals surface area contributed by atoms with E-state index >= 15 is 0 Å². The van der Waals surface area contributed by atoms with Gasteiger partial charge in [0.1, 0.15) is 0 Å². The van der Waals surface area contributed by atoms with Gasteiger partial charge in [-0.1, -0.05) is 6.08 Å². The third-order valence-electron chi connectivity index (χ3n) is 1.33. The van der Waals surface area contributed by atoms with Crippen molar-refractivity contribution in [2.75, 3.05) is 7.05 Å². The molecule has 0 fully saturated rings. The van der Waals surface area contributed by atoms with Crippen molar-refractivity contribution in [2.24, 2.45) is 5.73 Å². The SMILES string of the molecule is CN/C=C\CCCCC(N)=O. The minimum atomic E-state index is -0.206. The molecule has 0 spiro atoms. The zero-order valence-corrected chi connectivity index (χ0v) is 6.97. The van der Waals surface area contributed by atoms with Gasteiger partial charge in [0.15, 0.2) is 0 Å². The molecule has 3 nitrogen and oxygen atoms in total. The molecule has 0 aliphatic carbocycles. The van der Waals surface area contributed by atoms with Gasteiger partial charge in [-0.3, -0.25) is 4.79 Å². The number of primary amides is 1. The van der Waals surface area contributed by atoms with E-state index < -0.39 is 0 Å². The number of rotatable bonds is 6. The van der Waals surface area contributed by atoms with E-state index in [0.717, 1.165) is 19.3 Å². The van der Waals surface area contributed by atoms with E-state index in [4.69, 9.17) is 5.73 Å². The van der Waals surface area contributed by atoms with E-state index in [0.29, 0.717) is 6.42 Å². The number of carbonyl (C=O) groups is 1. The molecule has 0 heterocycles. The molecule has 0 aliphatic heterocycles. The van der Waals surface area contributed by atoms with Gasteiger partial charge in [0.25, 0.3) is 0 Å². The van der Waals surface area contributed by atoms with E-state index in [9.17, 15) is 4.79 Å². The first-order valence-corrected chi connectivity index (χ1v) is 3.88. The van der Waals surface area contributed by atoms with Gasteiger partial charge in [-0.2, -0.15) is 0 Å². The number of amides is 1. The van der Waals surface area contributed by atoms with Gasteiger partial charge < -0.3 is 11.1 Å². The summed E-state index contributed by atoms with van der Waals surface area (Å²) in [5.41, 5.74) is 4.96. The third kappa shape index (κ3) is 9.01. The predicted molar refractivity (Wildman–Crippen MR) is 45.9 cm³/mol. The molecule has 0 aromatic heterocycles. The van der Waals surface area contributed by atoms with Crippen molar-refractivity contribution in [1.29, 1.82) is 0 Å². The summed E-state index contributed by atoms with van der Waals surface area (Å²) in [6.45, 7) is 0. The van der Waals surface area contributed by atoms with Crippen molar-refractivity contribution in [2.45, 2.75) is 25.7 Å². The summed E-state index contributed by atoms with van der Waals surface area (Å²) in [6.07, 6.45) is 7.37. The zero-order valence-electron chi connectivity index (χ0n) is 6.97. The van der Waals surface area contributed by atoms with Crippen LogP contribution in [-0.4, -0.2) is 13.0 Å². The summed E-state index contributed by atoms with van der Waals surface area (Å²) in [4.78, 5) is 10.3. The van der Waals surface area contributed by atoms with Crippen LogP contribution in [0.1, 0.15) is 25.7 Å². The number of unbranched alkanes of at least 4 members (excludes halogenated alkanes) is 2. The van der Waals surface area contributed by atoms with Gasteiger partial charge in [-0.25, -0.2) is 0 Å². The van der Waals surface area contributed by atoms with Gasteiger partial charge in [0.2, 0.25) is 5.91 Å². The predicted octanol–water partition coefficient (Wildman–Crippen LogP) is 0.765. The Kier molecular flexibility index (Phi) is 6.48. The van der Waals surface area contributed by atoms with Crippen LogP contribution in [-0.2, 0) is 4.79 Å². The highest BCUT2D eigenvalue weighted by Crippen LogP contribution is 1.98. The monoisotopic (exact) mass is 156 g/mol. The minimum Gasteiger partial charge on any atom is -0.394 e. The summed E-state index contributed by atoms with van der Waals surface area (Å²) in [5.74, 6) is -0.206. The number of carbonyl (C=O) groups excluding carboxylic acids is 1. The maximum atomic E-state index is 10.3. The van der Waals surface area contributed by atoms with Crippen molar-refractivity contribution < 1.29 is 4.79 Å². The Morgan fingerprint density at radius 3 is 2.82 bits per heavy atom. The topological polar surface area (TPSA) is 55.1 Å². The van der Waals surface area contributed by atoms with Gasteiger partial charge in [0, 0.05) is 13.5 Å². The van der Waals surface area contributed by atoms with Crippen molar-refractivity contribution in [3.63, 3.8) is 0 Å². The fraction of sp³-hybridized carbons (Fsp3) is 0.625. The van der Waals surface area contributed by atoms with Crippen LogP contribution in [0.2, 0.25) is 0 Å². The molecule has 3 heteroatoms. The Bertz CT molecular complexity index is 132. The average Bonchev–Trinajstić information content (AvgIpc) is 1.96. The third-order valence-corrected chi connectivity index (χ3v) is 1.33. The van der Waals surface area contributed by atoms with Gasteiger partial charge in [-0.15, -0.1) is 0 Å². The van der Waals surface area contributed by atoms with Crippen molar-refractivity contribution in [1.82, 2.24) is 5.32 Å². The average molecular weight is 156 g/mol. The Morgan fingerprint density at radius 1 is 1.55 bits per heavy atom. The molecular formula is C8H16N2O. The summed E-state index contributed by atoms with van der Waals surface area (Å²) < 4.78 is 0. The molecule has 0 rings (SSSR count). The second-order valence-electron chi connectivity index (χ2n) is 2.40. The van der Waals surface area contributed by atoms with Gasteiger partial charge >= 0.3 is 0 Å². The normalized spacial score (nSPS) is 10.3. The molecule has 0 aliphatic rings. The smallest absolute Gasteiger partial charge is 0.217 e. The molecule has 0 aromatic carbocycles. The molecule has 11 heavy (non-hydrogen) atoms. The van der Waals surface area contributed by atoms with Crippen LogP contribution < -0.4 is 11.1 Å². The molecule has 0 aromatic rings. The van der Waals surface area contributed by atoms with Crippen molar-refractivity contribution >= 4 is 5.91 Å². The first-order valence-electron chi connectivity index (χ1n) is 3.88. The summed E-state index contributed by atoms with van der Waals surface area (Å²) >= 11 is 0. The fourth-order valence-corrected chi connectivity index (χ4v) is 0.763. The molecule has 1 amide bonds. The number of nitrogens with two attached hydrogens (primary N) is 1. The first kappa shape index (κ1) is 10.0. The molecule has 0 unspecified atom stereocenters. The lowest BCUT2D eigenvalue weighted by atomic mass is 10.2. The van der Waals surface area contributed by atoms with Crippen LogP contribution in [0.4, 0.5) is 0 Å². The lowest BCUT2D eigenvalue weighted by molar-refractivity contribution is -0.118. The number of allylic oxidation sites excluding steroid dienone is 1. The lowest BCUT2D eigenvalue weighted by Gasteiger charge is -1.93. The molecular weight excluding hydrogens is 140 g/mol. The van der Waals surface area contributed by atoms with E-state index in [1.54, 1.807) is 0 Å². The van der Waals surface area contributed by atoms with Crippen LogP contribution in [0, 0.1) is 0 Å². The fourth-order valence-electron chi connectivity index (χ4n) is 0.763. The molecule has 0 atom stereocenters. The maximum absolute atomic E-state index is 10.3. The van der Waals surface area contributed by atoms with E-state index in [1.807, 2.05) is 19.3 Å². The van der Waals surface area contributed by atoms with Crippen LogP contribution >= 0.6 is 0 Å². The van der Waals surface area contributed by atoms with Crippen LogP contribution in [0.3, 0.4) is 0 Å². The Hall–Kier alpha value is -0.990. The summed E-state index contributed by atoms with van der Waals surface area (Å²) in [6, 6.07) is 0. The highest BCUT2D eigenvalue weighted by Gasteiger charge is 1.91. The van der Waals surface area contributed by atoms with Crippen LogP contribution in [0.25, 0.3) is 0 Å². The highest BCUT2D eigenvalue weighted by molar-refractivity contribution is 5.73. The zero-order chi connectivity index (χ0) is 8.53. The molecule has 0 radical (unpaired) electrons. The second-order valence-corrected chi connectivity index (χ2v) is 2.40. The van der Waals surface area contributed by atoms with Gasteiger partial charge in [0.05, 0.1) is 0 Å². The minimum absolute atomic E-state index is 0.206. The number of hydrogen-bond acceptors (Lipinski definition) is 2. The summed E-state index contributed by atoms with van der Waals surface area (Å²) in [7, 11) is 1.86. The Morgan fingerprint density at radius 2 is 2.27 bits per heavy atom. The second kappa shape index (κ2) is 7.12. The number of hydrogen-bond donors (Lipinski definition) is 2. The molecule has 3 N–H and O–H groups in total. The Balaban J connectivity index is 3.02. The highest BCUT2D eigenvalue weighted by atomic mass is 16.1. The largest absolute Gasteiger partial charge is 0.394 e.